The van der Waals surface area contributed by atoms with E-state index in [9.17, 15) is 9.59 Å². The molecule has 4 aromatic rings. The molecule has 0 unspecified atom stereocenters. The fraction of sp³-hybridized carbons (Fsp3) is 0.0800. The van der Waals surface area contributed by atoms with Crippen molar-refractivity contribution in [3.8, 4) is 17.2 Å². The minimum absolute atomic E-state index is 0.0339. The standard InChI is InChI=1S/C25H19ClN2O4/c1-16-11-23-20(14-22(16)28-15-29)24(9-10-27-23)31-19-8-7-17(21(26)13-19)12-25(30)32-18-5-3-2-4-6-18/h2-11,13-15H,12H2,1H3,(H,28,29). The van der Waals surface area contributed by atoms with E-state index in [1.807, 2.05) is 25.1 Å². The summed E-state index contributed by atoms with van der Waals surface area (Å²) in [4.78, 5) is 27.5. The monoisotopic (exact) mass is 446 g/mol. The van der Waals surface area contributed by atoms with E-state index in [1.54, 1.807) is 54.7 Å². The summed E-state index contributed by atoms with van der Waals surface area (Å²) < 4.78 is 11.4. The molecule has 0 saturated heterocycles. The normalized spacial score (nSPS) is 10.6. The number of anilines is 1. The maximum atomic E-state index is 12.2. The summed E-state index contributed by atoms with van der Waals surface area (Å²) in [5, 5.41) is 3.82. The second-order valence-electron chi connectivity index (χ2n) is 7.07. The van der Waals surface area contributed by atoms with Crippen LogP contribution in [0.3, 0.4) is 0 Å². The lowest BCUT2D eigenvalue weighted by Crippen LogP contribution is -2.11. The molecule has 0 atom stereocenters. The number of rotatable bonds is 7. The van der Waals surface area contributed by atoms with E-state index in [0.29, 0.717) is 39.9 Å². The summed E-state index contributed by atoms with van der Waals surface area (Å²) in [7, 11) is 0. The van der Waals surface area contributed by atoms with Gasteiger partial charge < -0.3 is 14.8 Å². The molecule has 4 rings (SSSR count). The molecule has 6 nitrogen and oxygen atoms in total. The highest BCUT2D eigenvalue weighted by atomic mass is 35.5. The first-order valence-corrected chi connectivity index (χ1v) is 10.2. The Hall–Kier alpha value is -3.90. The van der Waals surface area contributed by atoms with Crippen LogP contribution in [0.4, 0.5) is 5.69 Å². The lowest BCUT2D eigenvalue weighted by Gasteiger charge is -2.12. The van der Waals surface area contributed by atoms with Crippen LogP contribution in [0, 0.1) is 6.92 Å². The van der Waals surface area contributed by atoms with Crippen LogP contribution in [0.15, 0.2) is 72.9 Å². The van der Waals surface area contributed by atoms with Gasteiger partial charge in [-0.05, 0) is 60.5 Å². The molecule has 0 aliphatic rings. The van der Waals surface area contributed by atoms with Gasteiger partial charge in [0, 0.05) is 22.3 Å². The fourth-order valence-electron chi connectivity index (χ4n) is 3.25. The molecule has 0 bridgehead atoms. The Morgan fingerprint density at radius 3 is 2.62 bits per heavy atom. The van der Waals surface area contributed by atoms with Gasteiger partial charge in [-0.1, -0.05) is 35.9 Å². The average molecular weight is 447 g/mol. The Bertz CT molecular complexity index is 1290. The van der Waals surface area contributed by atoms with Crippen LogP contribution < -0.4 is 14.8 Å². The van der Waals surface area contributed by atoms with Gasteiger partial charge in [-0.3, -0.25) is 14.6 Å². The number of aromatic nitrogens is 1. The van der Waals surface area contributed by atoms with Crippen molar-refractivity contribution in [3.63, 3.8) is 0 Å². The number of hydrogen-bond donors (Lipinski definition) is 1. The van der Waals surface area contributed by atoms with Crippen molar-refractivity contribution in [2.75, 3.05) is 5.32 Å². The van der Waals surface area contributed by atoms with E-state index in [2.05, 4.69) is 10.3 Å². The zero-order chi connectivity index (χ0) is 22.5. The van der Waals surface area contributed by atoms with E-state index in [0.717, 1.165) is 16.5 Å². The SMILES string of the molecule is Cc1cc2nccc(Oc3ccc(CC(=O)Oc4ccccc4)c(Cl)c3)c2cc1NC=O. The van der Waals surface area contributed by atoms with Crippen LogP contribution in [0.25, 0.3) is 10.9 Å². The van der Waals surface area contributed by atoms with Gasteiger partial charge in [0.05, 0.1) is 11.9 Å². The van der Waals surface area contributed by atoms with Crippen LogP contribution in [-0.2, 0) is 16.0 Å². The number of nitrogens with one attached hydrogen (secondary N) is 1. The predicted molar refractivity (Wildman–Crippen MR) is 123 cm³/mol. The number of fused-ring (bicyclic) bond motifs is 1. The minimum atomic E-state index is -0.405. The van der Waals surface area contributed by atoms with Crippen LogP contribution in [0.2, 0.25) is 5.02 Å². The number of carbonyl (C=O) groups is 2. The molecule has 0 saturated carbocycles. The van der Waals surface area contributed by atoms with Gasteiger partial charge >= 0.3 is 5.97 Å². The highest BCUT2D eigenvalue weighted by Gasteiger charge is 2.12. The molecule has 1 aromatic heterocycles. The van der Waals surface area contributed by atoms with Crippen molar-refractivity contribution < 1.29 is 19.1 Å². The third-order valence-corrected chi connectivity index (χ3v) is 5.18. The lowest BCUT2D eigenvalue weighted by molar-refractivity contribution is -0.133. The smallest absolute Gasteiger partial charge is 0.315 e. The summed E-state index contributed by atoms with van der Waals surface area (Å²) in [6, 6.07) is 19.4. The van der Waals surface area contributed by atoms with E-state index in [-0.39, 0.29) is 6.42 Å². The lowest BCUT2D eigenvalue weighted by atomic mass is 10.1. The number of amides is 1. The topological polar surface area (TPSA) is 77.5 Å². The molecule has 0 radical (unpaired) electrons. The molecular formula is C25H19ClN2O4. The Kier molecular flexibility index (Phi) is 6.33. The second kappa shape index (κ2) is 9.49. The van der Waals surface area contributed by atoms with Crippen LogP contribution in [0.5, 0.6) is 17.2 Å². The summed E-state index contributed by atoms with van der Waals surface area (Å²) in [6.45, 7) is 1.89. The Morgan fingerprint density at radius 2 is 1.88 bits per heavy atom. The molecule has 7 heteroatoms. The van der Waals surface area contributed by atoms with Gasteiger partial charge in [0.1, 0.15) is 17.2 Å². The first-order chi connectivity index (χ1) is 15.5. The Labute approximate surface area is 189 Å². The quantitative estimate of drug-likeness (QED) is 0.223. The molecule has 0 aliphatic carbocycles. The number of benzene rings is 3. The summed E-state index contributed by atoms with van der Waals surface area (Å²) >= 11 is 6.40. The van der Waals surface area contributed by atoms with Gasteiger partial charge in [-0.25, -0.2) is 0 Å². The van der Waals surface area contributed by atoms with Crippen LogP contribution in [0.1, 0.15) is 11.1 Å². The number of carbonyl (C=O) groups excluding carboxylic acids is 2. The van der Waals surface area contributed by atoms with E-state index >= 15 is 0 Å². The zero-order valence-electron chi connectivity index (χ0n) is 17.2. The van der Waals surface area contributed by atoms with Gasteiger partial charge in [-0.2, -0.15) is 0 Å². The van der Waals surface area contributed by atoms with Crippen molar-refractivity contribution in [3.05, 3.63) is 89.1 Å². The van der Waals surface area contributed by atoms with Crippen molar-refractivity contribution in [2.24, 2.45) is 0 Å². The number of ether oxygens (including phenoxy) is 2. The Morgan fingerprint density at radius 1 is 1.06 bits per heavy atom. The molecule has 0 fully saturated rings. The third-order valence-electron chi connectivity index (χ3n) is 4.82. The van der Waals surface area contributed by atoms with Crippen molar-refractivity contribution in [1.29, 1.82) is 0 Å². The highest BCUT2D eigenvalue weighted by Crippen LogP contribution is 2.33. The van der Waals surface area contributed by atoms with Gasteiger partial charge in [0.15, 0.2) is 0 Å². The molecule has 32 heavy (non-hydrogen) atoms. The molecule has 1 amide bonds. The minimum Gasteiger partial charge on any atom is -0.457 e. The number of esters is 1. The number of nitrogens with zero attached hydrogens (tertiary/aromatic N) is 1. The summed E-state index contributed by atoms with van der Waals surface area (Å²) in [6.07, 6.45) is 2.32. The first kappa shape index (κ1) is 21.3. The molecule has 3 aromatic carbocycles. The Balaban J connectivity index is 1.53. The number of hydrogen-bond acceptors (Lipinski definition) is 5. The van der Waals surface area contributed by atoms with Crippen LogP contribution in [-0.4, -0.2) is 17.4 Å². The first-order valence-electron chi connectivity index (χ1n) is 9.85. The molecule has 0 spiro atoms. The number of aryl methyl sites for hydroxylation is 1. The largest absolute Gasteiger partial charge is 0.457 e. The predicted octanol–water partition coefficient (Wildman–Crippen LogP) is 5.71. The highest BCUT2D eigenvalue weighted by molar-refractivity contribution is 6.31. The van der Waals surface area contributed by atoms with E-state index < -0.39 is 5.97 Å². The molecule has 0 aliphatic heterocycles. The van der Waals surface area contributed by atoms with E-state index in [4.69, 9.17) is 21.1 Å². The summed E-state index contributed by atoms with van der Waals surface area (Å²) in [5.41, 5.74) is 2.94. The maximum Gasteiger partial charge on any atom is 0.315 e. The summed E-state index contributed by atoms with van der Waals surface area (Å²) in [5.74, 6) is 1.15. The number of pyridine rings is 1. The van der Waals surface area contributed by atoms with E-state index in [1.165, 1.54) is 0 Å². The third kappa shape index (κ3) is 4.87. The van der Waals surface area contributed by atoms with Crippen LogP contribution >= 0.6 is 11.6 Å². The van der Waals surface area contributed by atoms with Gasteiger partial charge in [0.25, 0.3) is 0 Å². The van der Waals surface area contributed by atoms with Crippen molar-refractivity contribution in [1.82, 2.24) is 4.98 Å². The zero-order valence-corrected chi connectivity index (χ0v) is 17.9. The molecular weight excluding hydrogens is 428 g/mol. The number of para-hydroxylation sites is 1. The molecule has 1 N–H and O–H groups in total. The molecule has 1 heterocycles. The van der Waals surface area contributed by atoms with Crippen molar-refractivity contribution >= 4 is 40.6 Å². The maximum absolute atomic E-state index is 12.2. The van der Waals surface area contributed by atoms with Crippen molar-refractivity contribution in [2.45, 2.75) is 13.3 Å². The second-order valence-corrected chi connectivity index (χ2v) is 7.48. The fourth-order valence-corrected chi connectivity index (χ4v) is 3.49. The average Bonchev–Trinajstić information content (AvgIpc) is 2.77. The molecule has 160 valence electrons. The van der Waals surface area contributed by atoms with Gasteiger partial charge in [-0.15, -0.1) is 0 Å². The van der Waals surface area contributed by atoms with Gasteiger partial charge in [0.2, 0.25) is 6.41 Å². The number of halogens is 1.